The fourth-order valence-electron chi connectivity index (χ4n) is 2.11. The van der Waals surface area contributed by atoms with Gasteiger partial charge in [-0.2, -0.15) is 18.4 Å². The molecular formula is C17H8F4N2S. The Morgan fingerprint density at radius 1 is 1.17 bits per heavy atom. The molecule has 0 spiro atoms. The predicted octanol–water partition coefficient (Wildman–Crippen LogP) is 5.52. The number of nitrogens with zero attached hydrogens (tertiary/aromatic N) is 2. The maximum absolute atomic E-state index is 13.7. The highest BCUT2D eigenvalue weighted by Gasteiger charge is 2.30. The molecule has 0 saturated heterocycles. The van der Waals surface area contributed by atoms with Crippen molar-refractivity contribution in [1.29, 1.82) is 5.26 Å². The summed E-state index contributed by atoms with van der Waals surface area (Å²) < 4.78 is 52.5. The van der Waals surface area contributed by atoms with Crippen LogP contribution in [0.4, 0.5) is 17.6 Å². The molecule has 0 aliphatic heterocycles. The van der Waals surface area contributed by atoms with Crippen molar-refractivity contribution in [2.75, 3.05) is 0 Å². The maximum Gasteiger partial charge on any atom is 0.416 e. The molecular weight excluding hydrogens is 340 g/mol. The first-order chi connectivity index (χ1) is 11.4. The Bertz CT molecular complexity index is 980. The van der Waals surface area contributed by atoms with Crippen LogP contribution in [-0.4, -0.2) is 4.98 Å². The lowest BCUT2D eigenvalue weighted by Crippen LogP contribution is -2.03. The second kappa shape index (κ2) is 6.06. The van der Waals surface area contributed by atoms with Crippen molar-refractivity contribution in [3.63, 3.8) is 0 Å². The molecule has 0 bridgehead atoms. The summed E-state index contributed by atoms with van der Waals surface area (Å²) >= 11 is 1.08. The van der Waals surface area contributed by atoms with Gasteiger partial charge in [0.05, 0.1) is 21.4 Å². The summed E-state index contributed by atoms with van der Waals surface area (Å²) in [6.45, 7) is 0. The van der Waals surface area contributed by atoms with Crippen LogP contribution in [0.5, 0.6) is 0 Å². The van der Waals surface area contributed by atoms with Crippen LogP contribution in [-0.2, 0) is 6.18 Å². The largest absolute Gasteiger partial charge is 0.416 e. The van der Waals surface area contributed by atoms with Crippen LogP contribution in [0.2, 0.25) is 0 Å². The SMILES string of the molecule is N#C/C(=C\c1ccccc1F)c1nc2cc(C(F)(F)F)ccc2s1. The van der Waals surface area contributed by atoms with Gasteiger partial charge in [0.25, 0.3) is 0 Å². The fraction of sp³-hybridized carbons (Fsp3) is 0.0588. The van der Waals surface area contributed by atoms with Crippen LogP contribution in [0.25, 0.3) is 21.9 Å². The average Bonchev–Trinajstić information content (AvgIpc) is 2.96. The van der Waals surface area contributed by atoms with Crippen LogP contribution in [0.1, 0.15) is 16.1 Å². The quantitative estimate of drug-likeness (QED) is 0.452. The van der Waals surface area contributed by atoms with E-state index in [4.69, 9.17) is 0 Å². The molecule has 0 aliphatic rings. The Labute approximate surface area is 138 Å². The van der Waals surface area contributed by atoms with E-state index < -0.39 is 17.6 Å². The van der Waals surface area contributed by atoms with Crippen LogP contribution < -0.4 is 0 Å². The number of hydrogen-bond acceptors (Lipinski definition) is 3. The lowest BCUT2D eigenvalue weighted by molar-refractivity contribution is -0.137. The monoisotopic (exact) mass is 348 g/mol. The first kappa shape index (κ1) is 16.1. The van der Waals surface area contributed by atoms with E-state index in [2.05, 4.69) is 4.98 Å². The Hall–Kier alpha value is -2.72. The molecule has 0 fully saturated rings. The summed E-state index contributed by atoms with van der Waals surface area (Å²) in [6, 6.07) is 11.1. The molecule has 0 aliphatic carbocycles. The van der Waals surface area contributed by atoms with Crippen LogP contribution in [0, 0.1) is 17.1 Å². The summed E-state index contributed by atoms with van der Waals surface area (Å²) in [4.78, 5) is 4.09. The molecule has 1 heterocycles. The molecule has 0 unspecified atom stereocenters. The van der Waals surface area contributed by atoms with Gasteiger partial charge in [0, 0.05) is 5.56 Å². The van der Waals surface area contributed by atoms with E-state index in [1.165, 1.54) is 30.3 Å². The van der Waals surface area contributed by atoms with Crippen molar-refractivity contribution in [3.05, 3.63) is 64.4 Å². The molecule has 24 heavy (non-hydrogen) atoms. The van der Waals surface area contributed by atoms with Gasteiger partial charge in [-0.15, -0.1) is 11.3 Å². The van der Waals surface area contributed by atoms with Gasteiger partial charge in [0.15, 0.2) is 0 Å². The molecule has 120 valence electrons. The Balaban J connectivity index is 2.08. The fourth-order valence-corrected chi connectivity index (χ4v) is 3.02. The zero-order valence-corrected chi connectivity index (χ0v) is 12.7. The number of hydrogen-bond donors (Lipinski definition) is 0. The van der Waals surface area contributed by atoms with Crippen molar-refractivity contribution in [3.8, 4) is 6.07 Å². The lowest BCUT2D eigenvalue weighted by Gasteiger charge is -2.04. The van der Waals surface area contributed by atoms with E-state index >= 15 is 0 Å². The minimum atomic E-state index is -4.46. The molecule has 0 radical (unpaired) electrons. The first-order valence-electron chi connectivity index (χ1n) is 6.73. The minimum Gasteiger partial charge on any atom is -0.235 e. The third-order valence-electron chi connectivity index (χ3n) is 3.27. The normalized spacial score (nSPS) is 12.4. The zero-order chi connectivity index (χ0) is 17.3. The number of alkyl halides is 3. The number of nitriles is 1. The number of halogens is 4. The van der Waals surface area contributed by atoms with Crippen molar-refractivity contribution in [2.24, 2.45) is 0 Å². The van der Waals surface area contributed by atoms with E-state index in [1.807, 2.05) is 6.07 Å². The van der Waals surface area contributed by atoms with Gasteiger partial charge in [0.2, 0.25) is 0 Å². The minimum absolute atomic E-state index is 0.0925. The smallest absolute Gasteiger partial charge is 0.235 e. The number of aromatic nitrogens is 1. The number of benzene rings is 2. The van der Waals surface area contributed by atoms with Gasteiger partial charge in [-0.05, 0) is 30.3 Å². The summed E-state index contributed by atoms with van der Waals surface area (Å²) in [7, 11) is 0. The van der Waals surface area contributed by atoms with Crippen molar-refractivity contribution in [1.82, 2.24) is 4.98 Å². The molecule has 0 atom stereocenters. The van der Waals surface area contributed by atoms with E-state index in [0.717, 1.165) is 23.5 Å². The van der Waals surface area contributed by atoms with Crippen LogP contribution in [0.3, 0.4) is 0 Å². The molecule has 2 aromatic carbocycles. The molecule has 0 amide bonds. The Kier molecular flexibility index (Phi) is 4.08. The van der Waals surface area contributed by atoms with E-state index in [-0.39, 0.29) is 21.7 Å². The second-order valence-electron chi connectivity index (χ2n) is 4.89. The topological polar surface area (TPSA) is 36.7 Å². The molecule has 3 rings (SSSR count). The number of rotatable bonds is 2. The molecule has 1 aromatic heterocycles. The average molecular weight is 348 g/mol. The molecule has 7 heteroatoms. The van der Waals surface area contributed by atoms with Gasteiger partial charge in [0.1, 0.15) is 16.9 Å². The molecule has 3 aromatic rings. The van der Waals surface area contributed by atoms with Gasteiger partial charge in [-0.1, -0.05) is 18.2 Å². The summed E-state index contributed by atoms with van der Waals surface area (Å²) in [6.07, 6.45) is -3.13. The molecule has 0 saturated carbocycles. The van der Waals surface area contributed by atoms with Crippen LogP contribution >= 0.6 is 11.3 Å². The van der Waals surface area contributed by atoms with E-state index in [9.17, 15) is 22.8 Å². The number of fused-ring (bicyclic) bond motifs is 1. The summed E-state index contributed by atoms with van der Waals surface area (Å²) in [5.74, 6) is -0.495. The van der Waals surface area contributed by atoms with Crippen molar-refractivity contribution >= 4 is 33.2 Å². The van der Waals surface area contributed by atoms with Gasteiger partial charge >= 0.3 is 6.18 Å². The number of thiazole rings is 1. The Morgan fingerprint density at radius 2 is 1.92 bits per heavy atom. The first-order valence-corrected chi connectivity index (χ1v) is 7.54. The highest BCUT2D eigenvalue weighted by atomic mass is 32.1. The van der Waals surface area contributed by atoms with E-state index in [1.54, 1.807) is 6.07 Å². The predicted molar refractivity (Wildman–Crippen MR) is 84.5 cm³/mol. The molecule has 0 N–H and O–H groups in total. The van der Waals surface area contributed by atoms with Crippen LogP contribution in [0.15, 0.2) is 42.5 Å². The van der Waals surface area contributed by atoms with E-state index in [0.29, 0.717) is 4.70 Å². The second-order valence-corrected chi connectivity index (χ2v) is 5.92. The standard InChI is InChI=1S/C17H8F4N2S/c18-13-4-2-1-3-10(13)7-11(9-22)16-23-14-8-12(17(19,20)21)5-6-15(14)24-16/h1-8H/b11-7+. The van der Waals surface area contributed by atoms with Crippen molar-refractivity contribution in [2.45, 2.75) is 6.18 Å². The third-order valence-corrected chi connectivity index (χ3v) is 4.34. The Morgan fingerprint density at radius 3 is 2.58 bits per heavy atom. The van der Waals surface area contributed by atoms with Gasteiger partial charge < -0.3 is 0 Å². The summed E-state index contributed by atoms with van der Waals surface area (Å²) in [5, 5.41) is 9.53. The lowest BCUT2D eigenvalue weighted by atomic mass is 10.1. The third kappa shape index (κ3) is 3.14. The van der Waals surface area contributed by atoms with Crippen molar-refractivity contribution < 1.29 is 17.6 Å². The highest BCUT2D eigenvalue weighted by Crippen LogP contribution is 2.34. The highest BCUT2D eigenvalue weighted by molar-refractivity contribution is 7.19. The maximum atomic E-state index is 13.7. The zero-order valence-electron chi connectivity index (χ0n) is 11.9. The van der Waals surface area contributed by atoms with Gasteiger partial charge in [-0.25, -0.2) is 9.37 Å². The molecule has 2 nitrogen and oxygen atoms in total. The van der Waals surface area contributed by atoms with Gasteiger partial charge in [-0.3, -0.25) is 0 Å². The summed E-state index contributed by atoms with van der Waals surface area (Å²) in [5.41, 5.74) is -0.345. The number of allylic oxidation sites excluding steroid dienone is 1.